The van der Waals surface area contributed by atoms with Crippen molar-refractivity contribution in [1.29, 1.82) is 0 Å². The molecular weight excluding hydrogens is 316 g/mol. The summed E-state index contributed by atoms with van der Waals surface area (Å²) in [5, 5.41) is 11.4. The second kappa shape index (κ2) is 6.77. The second-order valence-electron chi connectivity index (χ2n) is 5.86. The van der Waals surface area contributed by atoms with E-state index < -0.39 is 17.7 Å². The number of anilines is 1. The van der Waals surface area contributed by atoms with E-state index in [4.69, 9.17) is 9.84 Å². The summed E-state index contributed by atoms with van der Waals surface area (Å²) < 4.78 is 10.2. The first-order valence-corrected chi connectivity index (χ1v) is 7.42. The molecule has 1 aromatic carbocycles. The topological polar surface area (TPSA) is 105 Å². The van der Waals surface area contributed by atoms with Crippen LogP contribution in [0.1, 0.15) is 19.4 Å². The minimum Gasteiger partial charge on any atom is -0.481 e. The van der Waals surface area contributed by atoms with Gasteiger partial charge in [0.1, 0.15) is 5.75 Å². The Bertz CT molecular complexity index is 671. The maximum Gasteiger partial charge on any atom is 0.406 e. The summed E-state index contributed by atoms with van der Waals surface area (Å²) in [5.41, 5.74) is 0.0000684. The molecule has 2 N–H and O–H groups in total. The number of aliphatic carboxylic acids is 1. The average molecular weight is 336 g/mol. The molecule has 0 saturated carbocycles. The predicted molar refractivity (Wildman–Crippen MR) is 85.2 cm³/mol. The van der Waals surface area contributed by atoms with Crippen molar-refractivity contribution in [3.8, 4) is 5.75 Å². The van der Waals surface area contributed by atoms with Crippen molar-refractivity contribution in [3.05, 3.63) is 23.8 Å². The molecule has 1 aromatic rings. The summed E-state index contributed by atoms with van der Waals surface area (Å²) in [6.45, 7) is 3.72. The highest BCUT2D eigenvalue weighted by Gasteiger charge is 2.40. The first kappa shape index (κ1) is 17.6. The van der Waals surface area contributed by atoms with E-state index in [2.05, 4.69) is 10.1 Å². The molecule has 0 radical (unpaired) electrons. The van der Waals surface area contributed by atoms with Gasteiger partial charge in [-0.05, 0) is 31.5 Å². The molecule has 8 nitrogen and oxygen atoms in total. The Morgan fingerprint density at radius 3 is 2.71 bits per heavy atom. The first-order chi connectivity index (χ1) is 11.2. The van der Waals surface area contributed by atoms with Crippen LogP contribution in [0.3, 0.4) is 0 Å². The number of benzene rings is 1. The van der Waals surface area contributed by atoms with E-state index in [1.54, 1.807) is 32.0 Å². The maximum absolute atomic E-state index is 12.6. The Morgan fingerprint density at radius 2 is 2.08 bits per heavy atom. The van der Waals surface area contributed by atoms with Gasteiger partial charge < -0.3 is 24.8 Å². The number of carboxylic acid groups (broad SMARTS) is 1. The zero-order valence-electron chi connectivity index (χ0n) is 13.8. The predicted octanol–water partition coefficient (Wildman–Crippen LogP) is 1.17. The number of hydrogen-bond donors (Lipinski definition) is 2. The SMILES string of the molecule is COC(=O)NCCN1C(=O)C(C)(C)Oc2ccc(CC(=O)O)cc21. The Hall–Kier alpha value is -2.77. The molecule has 0 atom stereocenters. The molecule has 2 amide bonds. The number of methoxy groups -OCH3 is 1. The fourth-order valence-electron chi connectivity index (χ4n) is 2.46. The van der Waals surface area contributed by atoms with Gasteiger partial charge in [-0.1, -0.05) is 6.07 Å². The number of carboxylic acids is 1. The van der Waals surface area contributed by atoms with Gasteiger partial charge in [-0.3, -0.25) is 9.59 Å². The maximum atomic E-state index is 12.6. The van der Waals surface area contributed by atoms with Crippen LogP contribution in [-0.4, -0.2) is 48.9 Å². The Morgan fingerprint density at radius 1 is 1.38 bits per heavy atom. The van der Waals surface area contributed by atoms with Crippen molar-refractivity contribution in [2.45, 2.75) is 25.9 Å². The van der Waals surface area contributed by atoms with Crippen LogP contribution in [0.2, 0.25) is 0 Å². The summed E-state index contributed by atoms with van der Waals surface area (Å²) in [7, 11) is 1.26. The van der Waals surface area contributed by atoms with E-state index in [-0.39, 0.29) is 25.4 Å². The minimum atomic E-state index is -1.05. The number of amides is 2. The highest BCUT2D eigenvalue weighted by atomic mass is 16.5. The zero-order chi connectivity index (χ0) is 17.9. The molecule has 1 aliphatic heterocycles. The van der Waals surface area contributed by atoms with Gasteiger partial charge >= 0.3 is 12.1 Å². The lowest BCUT2D eigenvalue weighted by molar-refractivity contribution is -0.136. The Kier molecular flexibility index (Phi) is 4.96. The van der Waals surface area contributed by atoms with Gasteiger partial charge in [-0.25, -0.2) is 4.79 Å². The van der Waals surface area contributed by atoms with E-state index in [9.17, 15) is 14.4 Å². The fourth-order valence-corrected chi connectivity index (χ4v) is 2.46. The molecule has 0 aromatic heterocycles. The van der Waals surface area contributed by atoms with Crippen molar-refractivity contribution >= 4 is 23.7 Å². The number of carbonyl (C=O) groups excluding carboxylic acids is 2. The number of nitrogens with one attached hydrogen (secondary N) is 1. The van der Waals surface area contributed by atoms with Gasteiger partial charge in [0.25, 0.3) is 5.91 Å². The van der Waals surface area contributed by atoms with Crippen molar-refractivity contribution in [1.82, 2.24) is 5.32 Å². The van der Waals surface area contributed by atoms with Gasteiger partial charge in [0.05, 0.1) is 19.2 Å². The van der Waals surface area contributed by atoms with E-state index in [1.807, 2.05) is 0 Å². The summed E-state index contributed by atoms with van der Waals surface area (Å²) >= 11 is 0. The fraction of sp³-hybridized carbons (Fsp3) is 0.438. The lowest BCUT2D eigenvalue weighted by Gasteiger charge is -2.39. The molecule has 0 saturated heterocycles. The quantitative estimate of drug-likeness (QED) is 0.836. The summed E-state index contributed by atoms with van der Waals surface area (Å²) in [6, 6.07) is 4.93. The van der Waals surface area contributed by atoms with E-state index >= 15 is 0 Å². The highest BCUT2D eigenvalue weighted by Crippen LogP contribution is 2.38. The summed E-state index contributed by atoms with van der Waals surface area (Å²) in [4.78, 5) is 36.2. The molecule has 2 rings (SSSR count). The molecule has 0 fully saturated rings. The molecule has 1 heterocycles. The zero-order valence-corrected chi connectivity index (χ0v) is 13.8. The van der Waals surface area contributed by atoms with Gasteiger partial charge in [0.15, 0.2) is 5.60 Å². The van der Waals surface area contributed by atoms with Crippen LogP contribution in [0.15, 0.2) is 18.2 Å². The van der Waals surface area contributed by atoms with Gasteiger partial charge in [0.2, 0.25) is 0 Å². The third-order valence-corrected chi connectivity index (χ3v) is 3.58. The van der Waals surface area contributed by atoms with Crippen molar-refractivity contribution in [3.63, 3.8) is 0 Å². The van der Waals surface area contributed by atoms with Crippen LogP contribution < -0.4 is 15.0 Å². The molecule has 8 heteroatoms. The van der Waals surface area contributed by atoms with Gasteiger partial charge in [-0.15, -0.1) is 0 Å². The van der Waals surface area contributed by atoms with Crippen LogP contribution in [-0.2, 0) is 20.7 Å². The van der Waals surface area contributed by atoms with Crippen LogP contribution in [0.4, 0.5) is 10.5 Å². The van der Waals surface area contributed by atoms with E-state index in [0.29, 0.717) is 17.0 Å². The second-order valence-corrected chi connectivity index (χ2v) is 5.86. The van der Waals surface area contributed by atoms with Crippen LogP contribution in [0, 0.1) is 0 Å². The lowest BCUT2D eigenvalue weighted by atomic mass is 10.0. The van der Waals surface area contributed by atoms with Crippen LogP contribution in [0.5, 0.6) is 5.75 Å². The standard InChI is InChI=1S/C16H20N2O6/c1-16(2)14(21)18(7-6-17-15(22)23-3)11-8-10(9-13(19)20)4-5-12(11)24-16/h4-5,8H,6-7,9H2,1-3H3,(H,17,22)(H,19,20). The number of carbonyl (C=O) groups is 3. The normalized spacial score (nSPS) is 15.3. The first-order valence-electron chi connectivity index (χ1n) is 7.42. The average Bonchev–Trinajstić information content (AvgIpc) is 2.50. The van der Waals surface area contributed by atoms with Crippen molar-refractivity contribution in [2.75, 3.05) is 25.1 Å². The van der Waals surface area contributed by atoms with Crippen LogP contribution in [0.25, 0.3) is 0 Å². The number of alkyl carbamates (subject to hydrolysis) is 1. The van der Waals surface area contributed by atoms with Crippen molar-refractivity contribution < 1.29 is 29.0 Å². The Balaban J connectivity index is 2.28. The molecule has 0 unspecified atom stereocenters. The highest BCUT2D eigenvalue weighted by molar-refractivity contribution is 6.02. The summed E-state index contributed by atoms with van der Waals surface area (Å²) in [6.07, 6.45) is -0.742. The largest absolute Gasteiger partial charge is 0.481 e. The van der Waals surface area contributed by atoms with Crippen molar-refractivity contribution in [2.24, 2.45) is 0 Å². The number of fused-ring (bicyclic) bond motifs is 1. The van der Waals surface area contributed by atoms with Gasteiger partial charge in [0, 0.05) is 13.1 Å². The molecular formula is C16H20N2O6. The smallest absolute Gasteiger partial charge is 0.406 e. The summed E-state index contributed by atoms with van der Waals surface area (Å²) in [5.74, 6) is -0.738. The third-order valence-electron chi connectivity index (χ3n) is 3.58. The molecule has 130 valence electrons. The van der Waals surface area contributed by atoms with E-state index in [1.165, 1.54) is 12.0 Å². The Labute approximate surface area is 139 Å². The van der Waals surface area contributed by atoms with Gasteiger partial charge in [-0.2, -0.15) is 0 Å². The minimum absolute atomic E-state index is 0.154. The number of hydrogen-bond acceptors (Lipinski definition) is 5. The number of nitrogens with zero attached hydrogens (tertiary/aromatic N) is 1. The van der Waals surface area contributed by atoms with Crippen LogP contribution >= 0.6 is 0 Å². The molecule has 0 bridgehead atoms. The monoisotopic (exact) mass is 336 g/mol. The lowest BCUT2D eigenvalue weighted by Crippen LogP contribution is -2.54. The molecule has 0 spiro atoms. The molecule has 0 aliphatic carbocycles. The molecule has 24 heavy (non-hydrogen) atoms. The number of ether oxygens (including phenoxy) is 2. The number of rotatable bonds is 5. The molecule has 1 aliphatic rings. The third kappa shape index (κ3) is 3.76. The van der Waals surface area contributed by atoms with E-state index in [0.717, 1.165) is 0 Å².